The minimum absolute atomic E-state index is 0.0540. The van der Waals surface area contributed by atoms with Gasteiger partial charge in [-0.2, -0.15) is 0 Å². The van der Waals surface area contributed by atoms with E-state index >= 15 is 0 Å². The van der Waals surface area contributed by atoms with E-state index in [1.54, 1.807) is 0 Å². The van der Waals surface area contributed by atoms with E-state index in [0.717, 1.165) is 17.6 Å². The molecule has 8 nitrogen and oxygen atoms in total. The van der Waals surface area contributed by atoms with Crippen molar-refractivity contribution in [1.82, 2.24) is 14.9 Å². The number of carbonyl (C=O) groups excluding carboxylic acids is 1. The van der Waals surface area contributed by atoms with Crippen molar-refractivity contribution in [2.24, 2.45) is 13.0 Å². The molecule has 24 heavy (non-hydrogen) atoms. The van der Waals surface area contributed by atoms with E-state index < -0.39 is 11.2 Å². The number of carbonyl (C=O) groups is 1. The summed E-state index contributed by atoms with van der Waals surface area (Å²) < 4.78 is 12.3. The zero-order valence-electron chi connectivity index (χ0n) is 13.7. The van der Waals surface area contributed by atoms with Gasteiger partial charge in [-0.25, -0.2) is 4.79 Å². The van der Waals surface area contributed by atoms with Crippen LogP contribution in [0.15, 0.2) is 15.8 Å². The quantitative estimate of drug-likeness (QED) is 0.716. The molecule has 2 heterocycles. The van der Waals surface area contributed by atoms with Gasteiger partial charge in [0.15, 0.2) is 0 Å². The van der Waals surface area contributed by atoms with Crippen LogP contribution < -0.4 is 16.6 Å². The Morgan fingerprint density at radius 2 is 2.21 bits per heavy atom. The van der Waals surface area contributed by atoms with Crippen LogP contribution in [0.5, 0.6) is 0 Å². The minimum Gasteiger partial charge on any atom is -0.379 e. The van der Waals surface area contributed by atoms with Gasteiger partial charge < -0.3 is 19.8 Å². The summed E-state index contributed by atoms with van der Waals surface area (Å²) in [5.41, 5.74) is -0.713. The van der Waals surface area contributed by atoms with E-state index in [2.05, 4.69) is 10.3 Å². The van der Waals surface area contributed by atoms with Crippen molar-refractivity contribution in [1.29, 1.82) is 0 Å². The van der Waals surface area contributed by atoms with Crippen LogP contribution in [0, 0.1) is 5.92 Å². The summed E-state index contributed by atoms with van der Waals surface area (Å²) in [5, 5.41) is 2.89. The Bertz CT molecular complexity index is 706. The summed E-state index contributed by atoms with van der Waals surface area (Å²) in [6.07, 6.45) is 4.34. The third-order valence-corrected chi connectivity index (χ3v) is 4.49. The molecule has 0 spiro atoms. The van der Waals surface area contributed by atoms with E-state index in [-0.39, 0.29) is 30.0 Å². The van der Waals surface area contributed by atoms with Gasteiger partial charge in [0.05, 0.1) is 25.2 Å². The minimum atomic E-state index is -0.502. The van der Waals surface area contributed by atoms with Crippen LogP contribution in [0.3, 0.4) is 0 Å². The predicted molar refractivity (Wildman–Crippen MR) is 85.8 cm³/mol. The lowest BCUT2D eigenvalue weighted by molar-refractivity contribution is -0.125. The number of ether oxygens (including phenoxy) is 2. The summed E-state index contributed by atoms with van der Waals surface area (Å²) in [4.78, 5) is 38.0. The van der Waals surface area contributed by atoms with Crippen LogP contribution in [0.2, 0.25) is 0 Å². The second kappa shape index (κ2) is 7.31. The Balaban J connectivity index is 1.59. The molecule has 3 rings (SSSR count). The average Bonchev–Trinajstić information content (AvgIpc) is 3.39. The van der Waals surface area contributed by atoms with Crippen molar-refractivity contribution >= 4 is 5.91 Å². The zero-order valence-corrected chi connectivity index (χ0v) is 13.7. The molecule has 0 unspecified atom stereocenters. The molecule has 1 saturated carbocycles. The number of hydrogen-bond acceptors (Lipinski definition) is 5. The molecule has 1 aliphatic carbocycles. The lowest BCUT2D eigenvalue weighted by atomic mass is 10.1. The van der Waals surface area contributed by atoms with E-state index in [9.17, 15) is 14.4 Å². The number of H-pyrrole nitrogens is 1. The zero-order chi connectivity index (χ0) is 17.1. The highest BCUT2D eigenvalue weighted by molar-refractivity contribution is 5.78. The highest BCUT2D eigenvalue weighted by atomic mass is 16.5. The number of aromatic nitrogens is 2. The lowest BCUT2D eigenvalue weighted by Gasteiger charge is -2.32. The Morgan fingerprint density at radius 1 is 1.42 bits per heavy atom. The topological polar surface area (TPSA) is 102 Å². The largest absolute Gasteiger partial charge is 0.379 e. The molecule has 8 heteroatoms. The lowest BCUT2D eigenvalue weighted by Crippen LogP contribution is -2.51. The van der Waals surface area contributed by atoms with Gasteiger partial charge in [-0.1, -0.05) is 0 Å². The molecular weight excluding hydrogens is 314 g/mol. The van der Waals surface area contributed by atoms with Crippen LogP contribution in [0.25, 0.3) is 0 Å². The van der Waals surface area contributed by atoms with Gasteiger partial charge >= 0.3 is 5.69 Å². The van der Waals surface area contributed by atoms with Crippen LogP contribution in [0.1, 0.15) is 24.8 Å². The number of amides is 1. The number of nitrogens with one attached hydrogen (secondary N) is 2. The fourth-order valence-corrected chi connectivity index (χ4v) is 2.77. The maximum absolute atomic E-state index is 12.3. The van der Waals surface area contributed by atoms with Crippen molar-refractivity contribution < 1.29 is 14.3 Å². The van der Waals surface area contributed by atoms with Gasteiger partial charge in [-0.3, -0.25) is 14.2 Å². The first-order chi connectivity index (χ1) is 11.5. The van der Waals surface area contributed by atoms with Crippen molar-refractivity contribution in [3.8, 4) is 0 Å². The summed E-state index contributed by atoms with van der Waals surface area (Å²) in [6, 6.07) is -0.211. The van der Waals surface area contributed by atoms with E-state index in [0.29, 0.717) is 19.1 Å². The van der Waals surface area contributed by atoms with Crippen molar-refractivity contribution in [3.05, 3.63) is 32.6 Å². The molecular formula is C16H23N3O5. The van der Waals surface area contributed by atoms with Gasteiger partial charge in [0, 0.05) is 32.0 Å². The standard InChI is InChI=1S/C16H23N3O5/c1-19-15(21)11(7-17-16(19)22)6-14(20)18-12-9-23-5-4-13(12)24-8-10-2-3-10/h7,10,12-13H,2-6,8-9H2,1H3,(H,17,22)(H,18,20)/t12-,13+/m1/s1. The maximum atomic E-state index is 12.3. The normalized spacial score (nSPS) is 23.9. The molecule has 2 fully saturated rings. The van der Waals surface area contributed by atoms with E-state index in [1.165, 1.54) is 26.1 Å². The molecule has 0 aromatic carbocycles. The van der Waals surface area contributed by atoms with Crippen LogP contribution in [0.4, 0.5) is 0 Å². The molecule has 1 aromatic rings. The number of nitrogens with zero attached hydrogens (tertiary/aromatic N) is 1. The SMILES string of the molecule is Cn1c(=O)[nH]cc(CC(=O)N[C@@H]2COCC[C@@H]2OCC2CC2)c1=O. The molecule has 2 N–H and O–H groups in total. The number of aromatic amines is 1. The Hall–Kier alpha value is -1.93. The summed E-state index contributed by atoms with van der Waals surface area (Å²) in [6.45, 7) is 1.77. The van der Waals surface area contributed by atoms with Crippen LogP contribution in [-0.4, -0.2) is 47.4 Å². The van der Waals surface area contributed by atoms with E-state index in [4.69, 9.17) is 9.47 Å². The van der Waals surface area contributed by atoms with Gasteiger partial charge in [0.2, 0.25) is 5.91 Å². The Labute approximate surface area is 139 Å². The Morgan fingerprint density at radius 3 is 2.96 bits per heavy atom. The summed E-state index contributed by atoms with van der Waals surface area (Å²) >= 11 is 0. The fourth-order valence-electron chi connectivity index (χ4n) is 2.77. The summed E-state index contributed by atoms with van der Waals surface area (Å²) in [5.74, 6) is 0.378. The molecule has 0 bridgehead atoms. The van der Waals surface area contributed by atoms with Gasteiger partial charge in [0.1, 0.15) is 0 Å². The second-order valence-corrected chi connectivity index (χ2v) is 6.51. The monoisotopic (exact) mass is 337 g/mol. The summed E-state index contributed by atoms with van der Waals surface area (Å²) in [7, 11) is 1.37. The third kappa shape index (κ3) is 4.12. The number of rotatable bonds is 6. The smallest absolute Gasteiger partial charge is 0.328 e. The first kappa shape index (κ1) is 16.9. The maximum Gasteiger partial charge on any atom is 0.328 e. The van der Waals surface area contributed by atoms with Crippen molar-refractivity contribution in [3.63, 3.8) is 0 Å². The highest BCUT2D eigenvalue weighted by Gasteiger charge is 2.30. The number of hydrogen-bond donors (Lipinski definition) is 2. The molecule has 1 aliphatic heterocycles. The molecule has 2 aliphatic rings. The predicted octanol–water partition coefficient (Wildman–Crippen LogP) is -0.684. The molecule has 1 aromatic heterocycles. The van der Waals surface area contributed by atoms with Crippen molar-refractivity contribution in [2.75, 3.05) is 19.8 Å². The molecule has 1 saturated heterocycles. The molecule has 2 atom stereocenters. The van der Waals surface area contributed by atoms with Gasteiger partial charge in [-0.15, -0.1) is 0 Å². The van der Waals surface area contributed by atoms with Gasteiger partial charge in [-0.05, 0) is 25.2 Å². The van der Waals surface area contributed by atoms with Gasteiger partial charge in [0.25, 0.3) is 5.56 Å². The van der Waals surface area contributed by atoms with Crippen LogP contribution in [-0.2, 0) is 27.7 Å². The first-order valence-corrected chi connectivity index (χ1v) is 8.31. The third-order valence-electron chi connectivity index (χ3n) is 4.49. The molecule has 132 valence electrons. The Kier molecular flexibility index (Phi) is 5.15. The van der Waals surface area contributed by atoms with Crippen molar-refractivity contribution in [2.45, 2.75) is 37.8 Å². The highest BCUT2D eigenvalue weighted by Crippen LogP contribution is 2.30. The fraction of sp³-hybridized carbons (Fsp3) is 0.688. The second-order valence-electron chi connectivity index (χ2n) is 6.51. The molecule has 0 radical (unpaired) electrons. The molecule has 1 amide bonds. The first-order valence-electron chi connectivity index (χ1n) is 8.31. The van der Waals surface area contributed by atoms with Crippen LogP contribution >= 0.6 is 0 Å². The van der Waals surface area contributed by atoms with E-state index in [1.807, 2.05) is 0 Å². The average molecular weight is 337 g/mol.